The second kappa shape index (κ2) is 7.32. The number of aromatic hydroxyl groups is 1. The Balaban J connectivity index is 1.93. The first-order chi connectivity index (χ1) is 10.8. The van der Waals surface area contributed by atoms with E-state index in [4.69, 9.17) is 0 Å². The third-order valence-electron chi connectivity index (χ3n) is 3.12. The van der Waals surface area contributed by atoms with Crippen molar-refractivity contribution in [2.75, 3.05) is 6.61 Å². The smallest absolute Gasteiger partial charge is 0.422 e. The van der Waals surface area contributed by atoms with Crippen molar-refractivity contribution in [3.8, 4) is 11.6 Å². The van der Waals surface area contributed by atoms with Crippen molar-refractivity contribution < 1.29 is 23.0 Å². The van der Waals surface area contributed by atoms with Crippen LogP contribution in [0.5, 0.6) is 11.6 Å². The first-order valence-electron chi connectivity index (χ1n) is 7.01. The van der Waals surface area contributed by atoms with E-state index >= 15 is 0 Å². The SMILES string of the molecule is C[C@H](NCc1cccc(OCC(F)(F)F)n1)c1cccc(O)c1. The number of benzene rings is 1. The van der Waals surface area contributed by atoms with Gasteiger partial charge in [-0.15, -0.1) is 0 Å². The first kappa shape index (κ1) is 17.1. The Kier molecular flexibility index (Phi) is 5.44. The summed E-state index contributed by atoms with van der Waals surface area (Å²) in [6.45, 7) is 0.912. The zero-order valence-electron chi connectivity index (χ0n) is 12.5. The fraction of sp³-hybridized carbons (Fsp3) is 0.312. The molecule has 1 atom stereocenters. The van der Waals surface area contributed by atoms with E-state index in [1.165, 1.54) is 6.07 Å². The zero-order valence-corrected chi connectivity index (χ0v) is 12.5. The van der Waals surface area contributed by atoms with Crippen LogP contribution in [0, 0.1) is 0 Å². The molecule has 2 rings (SSSR count). The van der Waals surface area contributed by atoms with Crippen LogP contribution in [-0.4, -0.2) is 22.9 Å². The van der Waals surface area contributed by atoms with Gasteiger partial charge in [0.15, 0.2) is 6.61 Å². The number of phenolic OH excluding ortho intramolecular Hbond substituents is 1. The summed E-state index contributed by atoms with van der Waals surface area (Å²) in [5.41, 5.74) is 1.46. The Morgan fingerprint density at radius 2 is 1.96 bits per heavy atom. The lowest BCUT2D eigenvalue weighted by molar-refractivity contribution is -0.154. The van der Waals surface area contributed by atoms with Crippen LogP contribution >= 0.6 is 0 Å². The van der Waals surface area contributed by atoms with E-state index in [1.807, 2.05) is 13.0 Å². The highest BCUT2D eigenvalue weighted by molar-refractivity contribution is 5.29. The summed E-state index contributed by atoms with van der Waals surface area (Å²) in [5.74, 6) is 0.114. The normalized spacial score (nSPS) is 12.9. The molecule has 23 heavy (non-hydrogen) atoms. The Labute approximate surface area is 131 Å². The number of nitrogens with zero attached hydrogens (tertiary/aromatic N) is 1. The summed E-state index contributed by atoms with van der Waals surface area (Å²) in [6.07, 6.45) is -4.39. The van der Waals surface area contributed by atoms with Crippen LogP contribution in [0.25, 0.3) is 0 Å². The standard InChI is InChI=1S/C16H17F3N2O2/c1-11(12-4-2-6-14(22)8-12)20-9-13-5-3-7-15(21-13)23-10-16(17,18)19/h2-8,11,20,22H,9-10H2,1H3/t11-/m0/s1. The van der Waals surface area contributed by atoms with Crippen molar-refractivity contribution in [1.29, 1.82) is 0 Å². The molecule has 4 nitrogen and oxygen atoms in total. The van der Waals surface area contributed by atoms with Gasteiger partial charge >= 0.3 is 6.18 Å². The molecule has 1 aromatic heterocycles. The maximum Gasteiger partial charge on any atom is 0.422 e. The minimum absolute atomic E-state index is 0.0522. The van der Waals surface area contributed by atoms with Gasteiger partial charge in [-0.25, -0.2) is 4.98 Å². The minimum Gasteiger partial charge on any atom is -0.508 e. The summed E-state index contributed by atoms with van der Waals surface area (Å²) in [7, 11) is 0. The van der Waals surface area contributed by atoms with Gasteiger partial charge in [0.25, 0.3) is 0 Å². The molecule has 0 radical (unpaired) electrons. The predicted octanol–water partition coefficient (Wildman–Crippen LogP) is 3.58. The van der Waals surface area contributed by atoms with Gasteiger partial charge in [0.1, 0.15) is 5.75 Å². The zero-order chi connectivity index (χ0) is 16.9. The number of hydrogen-bond acceptors (Lipinski definition) is 4. The highest BCUT2D eigenvalue weighted by Crippen LogP contribution is 2.19. The topological polar surface area (TPSA) is 54.4 Å². The van der Waals surface area contributed by atoms with Crippen molar-refractivity contribution in [3.05, 3.63) is 53.7 Å². The highest BCUT2D eigenvalue weighted by atomic mass is 19.4. The molecule has 1 aromatic carbocycles. The van der Waals surface area contributed by atoms with Crippen LogP contribution in [0.15, 0.2) is 42.5 Å². The van der Waals surface area contributed by atoms with Crippen molar-refractivity contribution in [2.45, 2.75) is 25.7 Å². The summed E-state index contributed by atoms with van der Waals surface area (Å²) in [5, 5.41) is 12.7. The maximum absolute atomic E-state index is 12.1. The number of nitrogens with one attached hydrogen (secondary N) is 1. The Hall–Kier alpha value is -2.28. The molecule has 2 aromatic rings. The molecule has 0 saturated carbocycles. The monoisotopic (exact) mass is 326 g/mol. The molecule has 0 amide bonds. The average Bonchev–Trinajstić information content (AvgIpc) is 2.50. The van der Waals surface area contributed by atoms with Crippen molar-refractivity contribution in [2.24, 2.45) is 0 Å². The molecule has 7 heteroatoms. The minimum atomic E-state index is -4.39. The van der Waals surface area contributed by atoms with Gasteiger partial charge in [-0.1, -0.05) is 18.2 Å². The van der Waals surface area contributed by atoms with E-state index in [0.717, 1.165) is 5.56 Å². The van der Waals surface area contributed by atoms with Gasteiger partial charge in [-0.3, -0.25) is 0 Å². The molecular weight excluding hydrogens is 309 g/mol. The number of pyridine rings is 1. The maximum atomic E-state index is 12.1. The van der Waals surface area contributed by atoms with Gasteiger partial charge in [0, 0.05) is 18.7 Å². The fourth-order valence-corrected chi connectivity index (χ4v) is 1.96. The number of phenols is 1. The lowest BCUT2D eigenvalue weighted by Crippen LogP contribution is -2.21. The van der Waals surface area contributed by atoms with Gasteiger partial charge in [-0.2, -0.15) is 13.2 Å². The molecule has 1 heterocycles. The number of alkyl halides is 3. The summed E-state index contributed by atoms with van der Waals surface area (Å²) >= 11 is 0. The van der Waals surface area contributed by atoms with Crippen LogP contribution < -0.4 is 10.1 Å². The molecular formula is C16H17F3N2O2. The molecule has 0 saturated heterocycles. The second-order valence-corrected chi connectivity index (χ2v) is 5.07. The van der Waals surface area contributed by atoms with Crippen molar-refractivity contribution in [1.82, 2.24) is 10.3 Å². The molecule has 0 bridgehead atoms. The van der Waals surface area contributed by atoms with Crippen LogP contribution in [0.1, 0.15) is 24.2 Å². The van der Waals surface area contributed by atoms with Crippen molar-refractivity contribution in [3.63, 3.8) is 0 Å². The molecule has 0 fully saturated rings. The molecule has 0 unspecified atom stereocenters. The highest BCUT2D eigenvalue weighted by Gasteiger charge is 2.28. The molecule has 0 aliphatic rings. The van der Waals surface area contributed by atoms with E-state index in [9.17, 15) is 18.3 Å². The van der Waals surface area contributed by atoms with Crippen LogP contribution in [0.2, 0.25) is 0 Å². The molecule has 124 valence electrons. The number of rotatable bonds is 6. The number of hydrogen-bond donors (Lipinski definition) is 2. The van der Waals surface area contributed by atoms with Crippen LogP contribution in [0.3, 0.4) is 0 Å². The van der Waals surface area contributed by atoms with E-state index in [1.54, 1.807) is 30.3 Å². The third kappa shape index (κ3) is 5.78. The third-order valence-corrected chi connectivity index (χ3v) is 3.12. The lowest BCUT2D eigenvalue weighted by atomic mass is 10.1. The van der Waals surface area contributed by atoms with Gasteiger partial charge in [0.2, 0.25) is 5.88 Å². The van der Waals surface area contributed by atoms with Crippen LogP contribution in [-0.2, 0) is 6.54 Å². The largest absolute Gasteiger partial charge is 0.508 e. The van der Waals surface area contributed by atoms with E-state index in [0.29, 0.717) is 12.2 Å². The van der Waals surface area contributed by atoms with Crippen molar-refractivity contribution >= 4 is 0 Å². The Morgan fingerprint density at radius 3 is 2.65 bits per heavy atom. The molecule has 2 N–H and O–H groups in total. The summed E-state index contributed by atoms with van der Waals surface area (Å²) in [6, 6.07) is 11.5. The number of aromatic nitrogens is 1. The summed E-state index contributed by atoms with van der Waals surface area (Å²) < 4.78 is 41.0. The van der Waals surface area contributed by atoms with Gasteiger partial charge in [-0.05, 0) is 30.7 Å². The van der Waals surface area contributed by atoms with E-state index in [-0.39, 0.29) is 17.7 Å². The number of halogens is 3. The Bertz CT molecular complexity index is 647. The summed E-state index contributed by atoms with van der Waals surface area (Å²) in [4.78, 5) is 4.02. The van der Waals surface area contributed by atoms with Crippen LogP contribution in [0.4, 0.5) is 13.2 Å². The number of ether oxygens (including phenoxy) is 1. The first-order valence-corrected chi connectivity index (χ1v) is 7.01. The quantitative estimate of drug-likeness (QED) is 0.852. The van der Waals surface area contributed by atoms with Gasteiger partial charge < -0.3 is 15.2 Å². The average molecular weight is 326 g/mol. The lowest BCUT2D eigenvalue weighted by Gasteiger charge is -2.15. The molecule has 0 spiro atoms. The van der Waals surface area contributed by atoms with E-state index in [2.05, 4.69) is 15.0 Å². The van der Waals surface area contributed by atoms with E-state index < -0.39 is 12.8 Å². The fourth-order valence-electron chi connectivity index (χ4n) is 1.96. The van der Waals surface area contributed by atoms with Gasteiger partial charge in [0.05, 0.1) is 5.69 Å². The molecule has 0 aliphatic carbocycles. The second-order valence-electron chi connectivity index (χ2n) is 5.07. The Morgan fingerprint density at radius 1 is 1.22 bits per heavy atom. The predicted molar refractivity (Wildman–Crippen MR) is 79.1 cm³/mol. The molecule has 0 aliphatic heterocycles.